The Morgan fingerprint density at radius 2 is 2.00 bits per heavy atom. The highest BCUT2D eigenvalue weighted by Crippen LogP contribution is 2.32. The Balaban J connectivity index is 2.58. The standard InChI is InChI=1S/C12H11F4N3/c1-2-19-6-10(12(14,15)16)18-11(19)8-4-3-7(17)5-9(8)13/h3-6H,2,17H2,1H3. The molecule has 0 saturated carbocycles. The summed E-state index contributed by atoms with van der Waals surface area (Å²) in [7, 11) is 0. The number of nitrogens with zero attached hydrogens (tertiary/aromatic N) is 2. The van der Waals surface area contributed by atoms with Gasteiger partial charge in [-0.3, -0.25) is 0 Å². The van der Waals surface area contributed by atoms with Gasteiger partial charge in [0, 0.05) is 18.4 Å². The normalized spacial score (nSPS) is 11.8. The van der Waals surface area contributed by atoms with Crippen molar-refractivity contribution < 1.29 is 17.6 Å². The molecular formula is C12H11F4N3. The molecule has 0 unspecified atom stereocenters. The Kier molecular flexibility index (Phi) is 3.21. The van der Waals surface area contributed by atoms with E-state index in [9.17, 15) is 17.6 Å². The average Bonchev–Trinajstić information content (AvgIpc) is 2.72. The monoisotopic (exact) mass is 273 g/mol. The van der Waals surface area contributed by atoms with Gasteiger partial charge >= 0.3 is 6.18 Å². The van der Waals surface area contributed by atoms with Crippen molar-refractivity contribution in [2.75, 3.05) is 5.73 Å². The molecule has 0 saturated heterocycles. The van der Waals surface area contributed by atoms with E-state index in [0.717, 1.165) is 12.3 Å². The van der Waals surface area contributed by atoms with Gasteiger partial charge in [-0.1, -0.05) is 0 Å². The maximum Gasteiger partial charge on any atom is 0.434 e. The van der Waals surface area contributed by atoms with Gasteiger partial charge in [0.15, 0.2) is 5.69 Å². The Bertz CT molecular complexity index is 602. The number of halogens is 4. The van der Waals surface area contributed by atoms with E-state index in [2.05, 4.69) is 4.98 Å². The minimum absolute atomic E-state index is 0.00782. The molecule has 0 fully saturated rings. The van der Waals surface area contributed by atoms with Crippen LogP contribution in [0.5, 0.6) is 0 Å². The molecule has 0 aliphatic rings. The van der Waals surface area contributed by atoms with Gasteiger partial charge < -0.3 is 10.3 Å². The van der Waals surface area contributed by atoms with E-state index in [0.29, 0.717) is 0 Å². The van der Waals surface area contributed by atoms with Gasteiger partial charge in [-0.15, -0.1) is 0 Å². The summed E-state index contributed by atoms with van der Waals surface area (Å²) in [6.45, 7) is 1.91. The number of anilines is 1. The first-order chi connectivity index (χ1) is 8.82. The molecule has 3 nitrogen and oxygen atoms in total. The molecule has 1 aromatic heterocycles. The highest BCUT2D eigenvalue weighted by atomic mass is 19.4. The van der Waals surface area contributed by atoms with E-state index >= 15 is 0 Å². The number of nitrogens with two attached hydrogens (primary N) is 1. The Morgan fingerprint density at radius 1 is 1.32 bits per heavy atom. The second kappa shape index (κ2) is 4.56. The van der Waals surface area contributed by atoms with Crippen LogP contribution in [0.3, 0.4) is 0 Å². The summed E-state index contributed by atoms with van der Waals surface area (Å²) in [6, 6.07) is 3.79. The topological polar surface area (TPSA) is 43.8 Å². The zero-order valence-electron chi connectivity index (χ0n) is 10.0. The summed E-state index contributed by atoms with van der Waals surface area (Å²) in [5, 5.41) is 0. The molecule has 0 spiro atoms. The summed E-state index contributed by atoms with van der Waals surface area (Å²) < 4.78 is 52.8. The van der Waals surface area contributed by atoms with Crippen molar-refractivity contribution in [2.24, 2.45) is 0 Å². The van der Waals surface area contributed by atoms with Crippen LogP contribution in [-0.4, -0.2) is 9.55 Å². The lowest BCUT2D eigenvalue weighted by atomic mass is 10.2. The first kappa shape index (κ1) is 13.4. The first-order valence-electron chi connectivity index (χ1n) is 5.52. The average molecular weight is 273 g/mol. The number of benzene rings is 1. The summed E-state index contributed by atoms with van der Waals surface area (Å²) in [4.78, 5) is 3.47. The lowest BCUT2D eigenvalue weighted by molar-refractivity contribution is -0.140. The summed E-state index contributed by atoms with van der Waals surface area (Å²) in [5.74, 6) is -0.763. The number of imidazole rings is 1. The van der Waals surface area contributed by atoms with E-state index in [1.807, 2.05) is 0 Å². The maximum atomic E-state index is 13.7. The van der Waals surface area contributed by atoms with Gasteiger partial charge in [0.25, 0.3) is 0 Å². The molecule has 1 heterocycles. The predicted octanol–water partition coefficient (Wildman–Crippen LogP) is 3.31. The fourth-order valence-corrected chi connectivity index (χ4v) is 1.72. The zero-order chi connectivity index (χ0) is 14.2. The van der Waals surface area contributed by atoms with Crippen molar-refractivity contribution in [2.45, 2.75) is 19.6 Å². The largest absolute Gasteiger partial charge is 0.434 e. The number of aromatic nitrogens is 2. The van der Waals surface area contributed by atoms with Crippen LogP contribution in [0, 0.1) is 5.82 Å². The van der Waals surface area contributed by atoms with Crippen molar-refractivity contribution in [3.63, 3.8) is 0 Å². The molecule has 102 valence electrons. The van der Waals surface area contributed by atoms with Crippen LogP contribution in [0.25, 0.3) is 11.4 Å². The van der Waals surface area contributed by atoms with Gasteiger partial charge in [-0.05, 0) is 25.1 Å². The summed E-state index contributed by atoms with van der Waals surface area (Å²) >= 11 is 0. The molecule has 7 heteroatoms. The maximum absolute atomic E-state index is 13.7. The van der Waals surface area contributed by atoms with E-state index in [-0.39, 0.29) is 23.6 Å². The van der Waals surface area contributed by atoms with Crippen molar-refractivity contribution in [1.82, 2.24) is 9.55 Å². The molecule has 0 aliphatic heterocycles. The second-order valence-corrected chi connectivity index (χ2v) is 3.97. The van der Waals surface area contributed by atoms with Crippen molar-refractivity contribution in [1.29, 1.82) is 0 Å². The molecule has 0 amide bonds. The van der Waals surface area contributed by atoms with Crippen LogP contribution in [-0.2, 0) is 12.7 Å². The van der Waals surface area contributed by atoms with Crippen molar-refractivity contribution in [3.8, 4) is 11.4 Å². The van der Waals surface area contributed by atoms with Gasteiger partial charge in [-0.25, -0.2) is 9.37 Å². The van der Waals surface area contributed by atoms with Crippen LogP contribution in [0.4, 0.5) is 23.2 Å². The summed E-state index contributed by atoms with van der Waals surface area (Å²) in [6.07, 6.45) is -3.69. The van der Waals surface area contributed by atoms with Crippen LogP contribution in [0.2, 0.25) is 0 Å². The molecule has 2 aromatic rings. The number of hydrogen-bond donors (Lipinski definition) is 1. The third-order valence-electron chi connectivity index (χ3n) is 2.64. The molecule has 1 aromatic carbocycles. The lowest BCUT2D eigenvalue weighted by Gasteiger charge is -2.06. The number of aryl methyl sites for hydroxylation is 1. The zero-order valence-corrected chi connectivity index (χ0v) is 10.0. The van der Waals surface area contributed by atoms with Gasteiger partial charge in [0.05, 0.1) is 5.56 Å². The Morgan fingerprint density at radius 3 is 2.53 bits per heavy atom. The van der Waals surface area contributed by atoms with E-state index in [1.54, 1.807) is 6.92 Å². The number of rotatable bonds is 2. The molecule has 2 N–H and O–H groups in total. The smallest absolute Gasteiger partial charge is 0.399 e. The van der Waals surface area contributed by atoms with Gasteiger partial charge in [-0.2, -0.15) is 13.2 Å². The highest BCUT2D eigenvalue weighted by Gasteiger charge is 2.35. The van der Waals surface area contributed by atoms with Gasteiger partial charge in [0.1, 0.15) is 11.6 Å². The van der Waals surface area contributed by atoms with E-state index in [4.69, 9.17) is 5.73 Å². The lowest BCUT2D eigenvalue weighted by Crippen LogP contribution is -2.05. The highest BCUT2D eigenvalue weighted by molar-refractivity contribution is 5.60. The molecular weight excluding hydrogens is 262 g/mol. The number of nitrogen functional groups attached to an aromatic ring is 1. The molecule has 2 rings (SSSR count). The molecule has 19 heavy (non-hydrogen) atoms. The van der Waals surface area contributed by atoms with Gasteiger partial charge in [0.2, 0.25) is 0 Å². The number of hydrogen-bond acceptors (Lipinski definition) is 2. The minimum Gasteiger partial charge on any atom is -0.399 e. The van der Waals surface area contributed by atoms with E-state index in [1.165, 1.54) is 16.7 Å². The fourth-order valence-electron chi connectivity index (χ4n) is 1.72. The van der Waals surface area contributed by atoms with Crippen LogP contribution in [0.15, 0.2) is 24.4 Å². The minimum atomic E-state index is -4.56. The van der Waals surface area contributed by atoms with Crippen molar-refractivity contribution in [3.05, 3.63) is 35.9 Å². The van der Waals surface area contributed by atoms with Crippen LogP contribution in [0.1, 0.15) is 12.6 Å². The Hall–Kier alpha value is -2.05. The van der Waals surface area contributed by atoms with Crippen molar-refractivity contribution >= 4 is 5.69 Å². The number of alkyl halides is 3. The Labute approximate surface area is 106 Å². The summed E-state index contributed by atoms with van der Waals surface area (Å²) in [5.41, 5.74) is 4.56. The molecule has 0 bridgehead atoms. The molecule has 0 aliphatic carbocycles. The fraction of sp³-hybridized carbons (Fsp3) is 0.250. The SMILES string of the molecule is CCn1cc(C(F)(F)F)nc1-c1ccc(N)cc1F. The second-order valence-electron chi connectivity index (χ2n) is 3.97. The molecule has 0 radical (unpaired) electrons. The quantitative estimate of drug-likeness (QED) is 0.674. The third kappa shape index (κ3) is 2.54. The predicted molar refractivity (Wildman–Crippen MR) is 62.7 cm³/mol. The van der Waals surface area contributed by atoms with Crippen LogP contribution >= 0.6 is 0 Å². The first-order valence-corrected chi connectivity index (χ1v) is 5.52. The third-order valence-corrected chi connectivity index (χ3v) is 2.64. The molecule has 0 atom stereocenters. The van der Waals surface area contributed by atoms with Crippen LogP contribution < -0.4 is 5.73 Å². The van der Waals surface area contributed by atoms with E-state index < -0.39 is 17.7 Å².